The minimum absolute atomic E-state index is 0.00717. The standard InChI is InChI=1S/C19H27N3O2/c23-19(21-7-5-16-13-14-3-4-15(16)12-14)17-2-1-6-20-18(17)22-8-10-24-11-9-22/h1-2,6,14-16H,3-5,7-13H2,(H,21,23). The van der Waals surface area contributed by atoms with Gasteiger partial charge >= 0.3 is 0 Å². The van der Waals surface area contributed by atoms with Crippen LogP contribution in [-0.4, -0.2) is 43.7 Å². The molecule has 3 atom stereocenters. The SMILES string of the molecule is O=C(NCCC1CC2CCC1C2)c1cccnc1N1CCOCC1. The first kappa shape index (κ1) is 15.9. The van der Waals surface area contributed by atoms with Crippen molar-refractivity contribution in [1.29, 1.82) is 0 Å². The number of nitrogens with one attached hydrogen (secondary N) is 1. The Hall–Kier alpha value is -1.62. The number of anilines is 1. The molecule has 1 N–H and O–H groups in total. The van der Waals surface area contributed by atoms with Gasteiger partial charge in [-0.2, -0.15) is 0 Å². The van der Waals surface area contributed by atoms with Crippen LogP contribution in [-0.2, 0) is 4.74 Å². The zero-order valence-electron chi connectivity index (χ0n) is 14.2. The Morgan fingerprint density at radius 3 is 2.92 bits per heavy atom. The highest BCUT2D eigenvalue weighted by atomic mass is 16.5. The molecule has 1 saturated heterocycles. The highest BCUT2D eigenvalue weighted by Gasteiger charge is 2.38. The largest absolute Gasteiger partial charge is 0.378 e. The molecule has 4 rings (SSSR count). The summed E-state index contributed by atoms with van der Waals surface area (Å²) in [5.74, 6) is 3.53. The Morgan fingerprint density at radius 2 is 2.17 bits per heavy atom. The van der Waals surface area contributed by atoms with Crippen molar-refractivity contribution in [3.8, 4) is 0 Å². The van der Waals surface area contributed by atoms with Crippen LogP contribution in [0.2, 0.25) is 0 Å². The van der Waals surface area contributed by atoms with Crippen LogP contribution in [0.4, 0.5) is 5.82 Å². The van der Waals surface area contributed by atoms with Crippen LogP contribution in [0, 0.1) is 17.8 Å². The zero-order valence-corrected chi connectivity index (χ0v) is 14.2. The summed E-state index contributed by atoms with van der Waals surface area (Å²) in [6.07, 6.45) is 8.55. The van der Waals surface area contributed by atoms with Gasteiger partial charge in [0.05, 0.1) is 18.8 Å². The van der Waals surface area contributed by atoms with Crippen LogP contribution in [0.1, 0.15) is 42.5 Å². The number of rotatable bonds is 5. The number of hydrogen-bond acceptors (Lipinski definition) is 4. The third-order valence-electron chi connectivity index (χ3n) is 6.03. The summed E-state index contributed by atoms with van der Waals surface area (Å²) in [6.45, 7) is 3.76. The molecule has 2 heterocycles. The van der Waals surface area contributed by atoms with Gasteiger partial charge in [0.2, 0.25) is 0 Å². The van der Waals surface area contributed by atoms with E-state index in [1.807, 2.05) is 12.1 Å². The van der Waals surface area contributed by atoms with Crippen LogP contribution >= 0.6 is 0 Å². The Kier molecular flexibility index (Phi) is 4.69. The van der Waals surface area contributed by atoms with Gasteiger partial charge < -0.3 is 15.0 Å². The van der Waals surface area contributed by atoms with E-state index in [9.17, 15) is 4.79 Å². The molecular formula is C19H27N3O2. The van der Waals surface area contributed by atoms with Crippen LogP contribution in [0.5, 0.6) is 0 Å². The van der Waals surface area contributed by atoms with Gasteiger partial charge in [-0.25, -0.2) is 4.98 Å². The van der Waals surface area contributed by atoms with Crippen molar-refractivity contribution in [2.75, 3.05) is 37.7 Å². The lowest BCUT2D eigenvalue weighted by Crippen LogP contribution is -2.38. The second kappa shape index (κ2) is 7.09. The van der Waals surface area contributed by atoms with E-state index in [4.69, 9.17) is 4.74 Å². The zero-order chi connectivity index (χ0) is 16.4. The molecule has 3 fully saturated rings. The van der Waals surface area contributed by atoms with E-state index in [1.54, 1.807) is 6.20 Å². The van der Waals surface area contributed by atoms with Gasteiger partial charge in [-0.1, -0.05) is 6.42 Å². The molecular weight excluding hydrogens is 302 g/mol. The Bertz CT molecular complexity index is 586. The maximum absolute atomic E-state index is 12.6. The summed E-state index contributed by atoms with van der Waals surface area (Å²) in [7, 11) is 0. The molecule has 0 radical (unpaired) electrons. The van der Waals surface area contributed by atoms with Crippen molar-refractivity contribution in [1.82, 2.24) is 10.3 Å². The van der Waals surface area contributed by atoms with E-state index in [0.717, 1.165) is 49.6 Å². The van der Waals surface area contributed by atoms with Crippen molar-refractivity contribution < 1.29 is 9.53 Å². The van der Waals surface area contributed by atoms with Gasteiger partial charge in [-0.15, -0.1) is 0 Å². The highest BCUT2D eigenvalue weighted by Crippen LogP contribution is 2.49. The molecule has 1 aliphatic heterocycles. The molecule has 130 valence electrons. The van der Waals surface area contributed by atoms with Crippen LogP contribution < -0.4 is 10.2 Å². The molecule has 1 aromatic heterocycles. The quantitative estimate of drug-likeness (QED) is 0.902. The van der Waals surface area contributed by atoms with E-state index < -0.39 is 0 Å². The number of morpholine rings is 1. The highest BCUT2D eigenvalue weighted by molar-refractivity contribution is 5.98. The first-order chi connectivity index (χ1) is 11.8. The molecule has 0 aromatic carbocycles. The smallest absolute Gasteiger partial charge is 0.255 e. The summed E-state index contributed by atoms with van der Waals surface area (Å²) in [6, 6.07) is 3.72. The second-order valence-electron chi connectivity index (χ2n) is 7.45. The molecule has 5 heteroatoms. The number of pyridine rings is 1. The van der Waals surface area contributed by atoms with E-state index in [2.05, 4.69) is 15.2 Å². The molecule has 5 nitrogen and oxygen atoms in total. The Labute approximate surface area is 143 Å². The lowest BCUT2D eigenvalue weighted by molar-refractivity contribution is 0.0947. The van der Waals surface area contributed by atoms with Gasteiger partial charge in [0.15, 0.2) is 0 Å². The fourth-order valence-electron chi connectivity index (χ4n) is 4.80. The lowest BCUT2D eigenvalue weighted by atomic mass is 9.86. The fourth-order valence-corrected chi connectivity index (χ4v) is 4.80. The summed E-state index contributed by atoms with van der Waals surface area (Å²) in [5.41, 5.74) is 0.687. The normalized spacial score (nSPS) is 29.0. The fraction of sp³-hybridized carbons (Fsp3) is 0.684. The second-order valence-corrected chi connectivity index (χ2v) is 7.45. The molecule has 2 bridgehead atoms. The molecule has 2 aliphatic carbocycles. The summed E-state index contributed by atoms with van der Waals surface area (Å²) < 4.78 is 5.40. The lowest BCUT2D eigenvalue weighted by Gasteiger charge is -2.29. The Morgan fingerprint density at radius 1 is 1.29 bits per heavy atom. The van der Waals surface area contributed by atoms with Crippen LogP contribution in [0.3, 0.4) is 0 Å². The maximum atomic E-state index is 12.6. The molecule has 1 amide bonds. The summed E-state index contributed by atoms with van der Waals surface area (Å²) in [5, 5.41) is 3.13. The average Bonchev–Trinajstić information content (AvgIpc) is 3.25. The third-order valence-corrected chi connectivity index (χ3v) is 6.03. The topological polar surface area (TPSA) is 54.5 Å². The number of fused-ring (bicyclic) bond motifs is 2. The Balaban J connectivity index is 1.34. The van der Waals surface area contributed by atoms with Crippen molar-refractivity contribution in [2.24, 2.45) is 17.8 Å². The summed E-state index contributed by atoms with van der Waals surface area (Å²) in [4.78, 5) is 19.2. The monoisotopic (exact) mass is 329 g/mol. The van der Waals surface area contributed by atoms with E-state index in [0.29, 0.717) is 18.8 Å². The average molecular weight is 329 g/mol. The van der Waals surface area contributed by atoms with Gasteiger partial charge in [0, 0.05) is 25.8 Å². The van der Waals surface area contributed by atoms with Crippen molar-refractivity contribution in [3.63, 3.8) is 0 Å². The van der Waals surface area contributed by atoms with Crippen molar-refractivity contribution in [2.45, 2.75) is 32.1 Å². The molecule has 0 spiro atoms. The minimum atomic E-state index is 0.00717. The van der Waals surface area contributed by atoms with Gasteiger partial charge in [0.25, 0.3) is 5.91 Å². The molecule has 1 aromatic rings. The van der Waals surface area contributed by atoms with Crippen LogP contribution in [0.25, 0.3) is 0 Å². The third kappa shape index (κ3) is 3.27. The van der Waals surface area contributed by atoms with E-state index in [-0.39, 0.29) is 5.91 Å². The molecule has 3 unspecified atom stereocenters. The van der Waals surface area contributed by atoms with Gasteiger partial charge in [-0.3, -0.25) is 4.79 Å². The number of hydrogen-bond donors (Lipinski definition) is 1. The number of aromatic nitrogens is 1. The number of ether oxygens (including phenoxy) is 1. The predicted molar refractivity (Wildman–Crippen MR) is 93.2 cm³/mol. The predicted octanol–water partition coefficient (Wildman–Crippen LogP) is 2.47. The van der Waals surface area contributed by atoms with Crippen molar-refractivity contribution in [3.05, 3.63) is 23.9 Å². The van der Waals surface area contributed by atoms with Gasteiger partial charge in [-0.05, 0) is 55.6 Å². The van der Waals surface area contributed by atoms with E-state index in [1.165, 1.54) is 25.7 Å². The first-order valence-electron chi connectivity index (χ1n) is 9.37. The summed E-state index contributed by atoms with van der Waals surface area (Å²) >= 11 is 0. The molecule has 24 heavy (non-hydrogen) atoms. The molecule has 3 aliphatic rings. The maximum Gasteiger partial charge on any atom is 0.255 e. The number of amides is 1. The van der Waals surface area contributed by atoms with Crippen LogP contribution in [0.15, 0.2) is 18.3 Å². The minimum Gasteiger partial charge on any atom is -0.378 e. The van der Waals surface area contributed by atoms with E-state index >= 15 is 0 Å². The first-order valence-corrected chi connectivity index (χ1v) is 9.37. The number of carbonyl (C=O) groups is 1. The molecule has 2 saturated carbocycles. The van der Waals surface area contributed by atoms with Crippen molar-refractivity contribution >= 4 is 11.7 Å². The van der Waals surface area contributed by atoms with Gasteiger partial charge in [0.1, 0.15) is 5.82 Å². The number of carbonyl (C=O) groups excluding carboxylic acids is 1. The number of nitrogens with zero attached hydrogens (tertiary/aromatic N) is 2.